The number of piperazine rings is 1. The van der Waals surface area contributed by atoms with Gasteiger partial charge in [-0.2, -0.15) is 0 Å². The summed E-state index contributed by atoms with van der Waals surface area (Å²) in [6, 6.07) is 0. The number of anilines is 2. The van der Waals surface area contributed by atoms with Gasteiger partial charge in [-0.05, 0) is 19.4 Å². The third kappa shape index (κ3) is 4.92. The number of nitrogen functional groups attached to an aromatic ring is 1. The van der Waals surface area contributed by atoms with E-state index in [4.69, 9.17) is 20.4 Å². The Labute approximate surface area is 207 Å². The maximum atomic E-state index is 12.1. The fourth-order valence-corrected chi connectivity index (χ4v) is 5.74. The van der Waals surface area contributed by atoms with Crippen molar-refractivity contribution in [2.45, 2.75) is 26.5 Å². The van der Waals surface area contributed by atoms with Crippen LogP contribution in [0.25, 0.3) is 21.6 Å². The maximum absolute atomic E-state index is 12.1. The number of carbonyl (C=O) groups is 1. The molecule has 0 aromatic carbocycles. The smallest absolute Gasteiger partial charge is 0.251 e. The molecule has 3 aromatic heterocycles. The van der Waals surface area contributed by atoms with E-state index in [-0.39, 0.29) is 11.9 Å². The van der Waals surface area contributed by atoms with E-state index in [9.17, 15) is 9.90 Å². The minimum atomic E-state index is -0.954. The number of rotatable bonds is 5. The number of hydrogen-bond acceptors (Lipinski definition) is 11. The summed E-state index contributed by atoms with van der Waals surface area (Å²) in [5.74, 6) is 1.51. The summed E-state index contributed by atoms with van der Waals surface area (Å²) >= 11 is 1.74. The standard InChI is InChI=1S/C23H30N8O3S/c1-14-17(13-29-3-5-31(6-4-29)22(33)15(2)32)35-19-18(14)27-20(16-11-25-23(24)26-12-16)28-21(19)30-7-9-34-10-8-30/h11-12,15,32H,3-10,13H2,1-2H3,(H2,24,25,26)/t15-/m1/s1. The van der Waals surface area contributed by atoms with Gasteiger partial charge in [0, 0.05) is 63.1 Å². The number of aliphatic hydroxyl groups excluding tert-OH is 1. The largest absolute Gasteiger partial charge is 0.384 e. The summed E-state index contributed by atoms with van der Waals surface area (Å²) in [4.78, 5) is 37.8. The Morgan fingerprint density at radius 3 is 2.49 bits per heavy atom. The van der Waals surface area contributed by atoms with Crippen molar-refractivity contribution in [3.63, 3.8) is 0 Å². The molecule has 5 rings (SSSR count). The van der Waals surface area contributed by atoms with E-state index in [1.54, 1.807) is 28.6 Å². The molecule has 11 nitrogen and oxygen atoms in total. The van der Waals surface area contributed by atoms with Crippen molar-refractivity contribution in [1.29, 1.82) is 0 Å². The molecule has 1 amide bonds. The van der Waals surface area contributed by atoms with Gasteiger partial charge in [0.15, 0.2) is 11.6 Å². The fraction of sp³-hybridized carbons (Fsp3) is 0.522. The zero-order chi connectivity index (χ0) is 24.5. The maximum Gasteiger partial charge on any atom is 0.251 e. The molecule has 2 aliphatic rings. The molecule has 0 saturated carbocycles. The first-order valence-corrected chi connectivity index (χ1v) is 12.6. The number of amides is 1. The number of nitrogens with zero attached hydrogens (tertiary/aromatic N) is 7. The van der Waals surface area contributed by atoms with Gasteiger partial charge in [0.1, 0.15) is 6.10 Å². The average Bonchev–Trinajstić information content (AvgIpc) is 3.19. The Kier molecular flexibility index (Phi) is 6.78. The Balaban J connectivity index is 1.45. The monoisotopic (exact) mass is 498 g/mol. The SMILES string of the molecule is Cc1c(CN2CCN(C(=O)[C@@H](C)O)CC2)sc2c(N3CCOCC3)nc(-c3cnc(N)nc3)nc12. The summed E-state index contributed by atoms with van der Waals surface area (Å²) < 4.78 is 6.64. The number of carbonyl (C=O) groups excluding carboxylic acids is 1. The summed E-state index contributed by atoms with van der Waals surface area (Å²) in [5, 5.41) is 9.60. The molecule has 2 saturated heterocycles. The van der Waals surface area contributed by atoms with E-state index in [1.807, 2.05) is 0 Å². The van der Waals surface area contributed by atoms with Gasteiger partial charge in [-0.1, -0.05) is 0 Å². The molecule has 0 aliphatic carbocycles. The van der Waals surface area contributed by atoms with Crippen molar-refractivity contribution in [2.75, 3.05) is 63.1 Å². The second-order valence-corrected chi connectivity index (χ2v) is 10.0. The third-order valence-corrected chi connectivity index (χ3v) is 7.76. The summed E-state index contributed by atoms with van der Waals surface area (Å²) in [6.45, 7) is 10.1. The van der Waals surface area contributed by atoms with Crippen LogP contribution in [0.1, 0.15) is 17.4 Å². The van der Waals surface area contributed by atoms with E-state index in [1.165, 1.54) is 11.8 Å². The first kappa shape index (κ1) is 23.8. The molecule has 1 atom stereocenters. The average molecular weight is 499 g/mol. The van der Waals surface area contributed by atoms with Crippen LogP contribution in [-0.2, 0) is 16.1 Å². The molecule has 35 heavy (non-hydrogen) atoms. The highest BCUT2D eigenvalue weighted by molar-refractivity contribution is 7.19. The number of aliphatic hydroxyl groups is 1. The first-order chi connectivity index (χ1) is 16.9. The number of morpholine rings is 1. The van der Waals surface area contributed by atoms with Gasteiger partial charge in [-0.3, -0.25) is 9.69 Å². The Morgan fingerprint density at radius 1 is 1.14 bits per heavy atom. The minimum absolute atomic E-state index is 0.202. The van der Waals surface area contributed by atoms with Gasteiger partial charge in [-0.15, -0.1) is 11.3 Å². The van der Waals surface area contributed by atoms with E-state index >= 15 is 0 Å². The van der Waals surface area contributed by atoms with Crippen LogP contribution >= 0.6 is 11.3 Å². The number of ether oxygens (including phenoxy) is 1. The van der Waals surface area contributed by atoms with Crippen LogP contribution in [0.15, 0.2) is 12.4 Å². The molecule has 3 N–H and O–H groups in total. The van der Waals surface area contributed by atoms with Crippen molar-refractivity contribution >= 4 is 39.2 Å². The molecule has 12 heteroatoms. The normalized spacial score (nSPS) is 18.3. The highest BCUT2D eigenvalue weighted by Gasteiger charge is 2.26. The highest BCUT2D eigenvalue weighted by Crippen LogP contribution is 2.38. The Morgan fingerprint density at radius 2 is 1.83 bits per heavy atom. The number of nitrogens with two attached hydrogens (primary N) is 1. The number of hydrogen-bond donors (Lipinski definition) is 2. The fourth-order valence-electron chi connectivity index (χ4n) is 4.44. The highest BCUT2D eigenvalue weighted by atomic mass is 32.1. The van der Waals surface area contributed by atoms with Crippen molar-refractivity contribution in [3.05, 3.63) is 22.8 Å². The predicted molar refractivity (Wildman–Crippen MR) is 134 cm³/mol. The summed E-state index contributed by atoms with van der Waals surface area (Å²) in [5.41, 5.74) is 8.48. The second-order valence-electron chi connectivity index (χ2n) is 8.91. The quantitative estimate of drug-likeness (QED) is 0.522. The van der Waals surface area contributed by atoms with Crippen LogP contribution < -0.4 is 10.6 Å². The van der Waals surface area contributed by atoms with Crippen molar-refractivity contribution in [1.82, 2.24) is 29.7 Å². The molecule has 0 unspecified atom stereocenters. The predicted octanol–water partition coefficient (Wildman–Crippen LogP) is 0.901. The number of aryl methyl sites for hydroxylation is 1. The molecule has 3 aromatic rings. The van der Waals surface area contributed by atoms with E-state index in [0.29, 0.717) is 32.1 Å². The molecule has 0 bridgehead atoms. The van der Waals surface area contributed by atoms with Gasteiger partial charge < -0.3 is 25.4 Å². The summed E-state index contributed by atoms with van der Waals surface area (Å²) in [6.07, 6.45) is 2.36. The Hall–Kier alpha value is -2.93. The van der Waals surface area contributed by atoms with E-state index in [0.717, 1.165) is 59.9 Å². The van der Waals surface area contributed by atoms with E-state index < -0.39 is 6.10 Å². The van der Waals surface area contributed by atoms with Crippen molar-refractivity contribution < 1.29 is 14.6 Å². The van der Waals surface area contributed by atoms with Crippen LogP contribution in [0.5, 0.6) is 0 Å². The molecule has 2 aliphatic heterocycles. The van der Waals surface area contributed by atoms with Gasteiger partial charge in [0.05, 0.1) is 29.0 Å². The van der Waals surface area contributed by atoms with Gasteiger partial charge in [0.25, 0.3) is 5.91 Å². The zero-order valence-corrected chi connectivity index (χ0v) is 20.8. The molecule has 5 heterocycles. The molecular formula is C23H30N8O3S. The van der Waals surface area contributed by atoms with Crippen LogP contribution in [0.3, 0.4) is 0 Å². The zero-order valence-electron chi connectivity index (χ0n) is 20.0. The second kappa shape index (κ2) is 9.97. The van der Waals surface area contributed by atoms with Crippen LogP contribution in [0.4, 0.5) is 11.8 Å². The first-order valence-electron chi connectivity index (χ1n) is 11.8. The van der Waals surface area contributed by atoms with Crippen molar-refractivity contribution in [3.8, 4) is 11.4 Å². The lowest BCUT2D eigenvalue weighted by Gasteiger charge is -2.35. The lowest BCUT2D eigenvalue weighted by Crippen LogP contribution is -2.50. The van der Waals surface area contributed by atoms with Crippen molar-refractivity contribution in [2.24, 2.45) is 0 Å². The topological polar surface area (TPSA) is 134 Å². The van der Waals surface area contributed by atoms with Crippen LogP contribution in [0.2, 0.25) is 0 Å². The lowest BCUT2D eigenvalue weighted by atomic mass is 10.2. The van der Waals surface area contributed by atoms with Gasteiger partial charge in [-0.25, -0.2) is 19.9 Å². The van der Waals surface area contributed by atoms with Crippen LogP contribution in [0, 0.1) is 6.92 Å². The molecule has 2 fully saturated rings. The molecule has 186 valence electrons. The van der Waals surface area contributed by atoms with E-state index in [2.05, 4.69) is 26.7 Å². The molecule has 0 radical (unpaired) electrons. The Bertz CT molecular complexity index is 1200. The number of aromatic nitrogens is 4. The molecular weight excluding hydrogens is 468 g/mol. The lowest BCUT2D eigenvalue weighted by molar-refractivity contribution is -0.141. The van der Waals surface area contributed by atoms with Gasteiger partial charge >= 0.3 is 0 Å². The third-order valence-electron chi connectivity index (χ3n) is 6.50. The molecule has 0 spiro atoms. The number of fused-ring (bicyclic) bond motifs is 1. The van der Waals surface area contributed by atoms with Gasteiger partial charge in [0.2, 0.25) is 5.95 Å². The minimum Gasteiger partial charge on any atom is -0.384 e. The number of thiophene rings is 1. The van der Waals surface area contributed by atoms with Crippen LogP contribution in [-0.4, -0.2) is 99.3 Å². The summed E-state index contributed by atoms with van der Waals surface area (Å²) in [7, 11) is 0.